The van der Waals surface area contributed by atoms with Crippen LogP contribution in [0, 0.1) is 0 Å². The number of rotatable bonds is 7. The fourth-order valence-electron chi connectivity index (χ4n) is 1.85. The van der Waals surface area contributed by atoms with Gasteiger partial charge in [-0.2, -0.15) is 0 Å². The molecule has 0 aromatic heterocycles. The Bertz CT molecular complexity index is 326. The molecule has 20 heavy (non-hydrogen) atoms. The Balaban J connectivity index is 0.000000370. The van der Waals surface area contributed by atoms with Crippen LogP contribution in [0.2, 0.25) is 0 Å². The van der Waals surface area contributed by atoms with Gasteiger partial charge in [0.2, 0.25) is 10.4 Å². The largest absolute Gasteiger partial charge is 0.726 e. The molecule has 1 heterocycles. The zero-order valence-corrected chi connectivity index (χ0v) is 13.8. The van der Waals surface area contributed by atoms with E-state index in [2.05, 4.69) is 18.2 Å². The molecule has 1 fully saturated rings. The van der Waals surface area contributed by atoms with Crippen molar-refractivity contribution in [2.24, 2.45) is 0 Å². The molecule has 0 unspecified atom stereocenters. The van der Waals surface area contributed by atoms with Crippen LogP contribution in [0.4, 0.5) is 0 Å². The Labute approximate surface area is 123 Å². The summed E-state index contributed by atoms with van der Waals surface area (Å²) in [5.74, 6) is 0. The summed E-state index contributed by atoms with van der Waals surface area (Å²) >= 11 is 0. The molecule has 0 amide bonds. The van der Waals surface area contributed by atoms with Crippen LogP contribution < -0.4 is 0 Å². The number of hydrogen-bond donors (Lipinski definition) is 0. The highest BCUT2D eigenvalue weighted by Gasteiger charge is 2.23. The predicted octanol–water partition coefficient (Wildman–Crippen LogP) is 1.53. The molecule has 7 heteroatoms. The zero-order chi connectivity index (χ0) is 15.5. The molecule has 0 N–H and O–H groups in total. The van der Waals surface area contributed by atoms with Gasteiger partial charge in [-0.1, -0.05) is 26.7 Å². The van der Waals surface area contributed by atoms with Crippen molar-refractivity contribution in [2.75, 3.05) is 46.5 Å². The van der Waals surface area contributed by atoms with Crippen LogP contribution in [0.3, 0.4) is 0 Å². The van der Waals surface area contributed by atoms with Gasteiger partial charge in [0.15, 0.2) is 0 Å². The van der Waals surface area contributed by atoms with E-state index in [1.165, 1.54) is 37.0 Å². The summed E-state index contributed by atoms with van der Waals surface area (Å²) in [6, 6.07) is 0. The third kappa shape index (κ3) is 11.6. The molecule has 6 nitrogen and oxygen atoms in total. The average Bonchev–Trinajstić information content (AvgIpc) is 2.37. The van der Waals surface area contributed by atoms with Gasteiger partial charge in [-0.15, -0.1) is 0 Å². The molecule has 1 rings (SSSR count). The molecule has 1 aliphatic heterocycles. The minimum absolute atomic E-state index is 0.00231. The number of nitrogens with zero attached hydrogens (tertiary/aromatic N) is 1. The minimum Gasteiger partial charge on any atom is -0.726 e. The second-order valence-electron chi connectivity index (χ2n) is 5.34. The highest BCUT2D eigenvalue weighted by Crippen LogP contribution is 2.09. The van der Waals surface area contributed by atoms with E-state index < -0.39 is 10.4 Å². The van der Waals surface area contributed by atoms with Crippen LogP contribution in [0.5, 0.6) is 0 Å². The summed E-state index contributed by atoms with van der Waals surface area (Å²) in [4.78, 5) is 0. The molecule has 122 valence electrons. The molecule has 1 aliphatic rings. The maximum Gasteiger partial charge on any atom is 0.217 e. The molecule has 0 aromatic carbocycles. The number of quaternary nitrogens is 1. The first kappa shape index (κ1) is 19.8. The number of morpholine rings is 1. The van der Waals surface area contributed by atoms with Crippen molar-refractivity contribution in [3.63, 3.8) is 0 Å². The molecular formula is C13H29NO5S. The molecule has 0 saturated carbocycles. The number of ether oxygens (including phenoxy) is 1. The van der Waals surface area contributed by atoms with Crippen molar-refractivity contribution in [1.82, 2.24) is 0 Å². The SMILES string of the molecule is CCCCOS(=O)(=O)[O-].CCCC[N+]1(C)CCOCC1. The normalized spacial score (nSPS) is 18.2. The monoisotopic (exact) mass is 311 g/mol. The topological polar surface area (TPSA) is 75.7 Å². The highest BCUT2D eigenvalue weighted by atomic mass is 32.3. The Morgan fingerprint density at radius 2 is 1.70 bits per heavy atom. The molecule has 1 saturated heterocycles. The number of unbranched alkanes of at least 4 members (excludes halogenated alkanes) is 2. The Morgan fingerprint density at radius 3 is 2.15 bits per heavy atom. The summed E-state index contributed by atoms with van der Waals surface area (Å²) in [5.41, 5.74) is 0. The van der Waals surface area contributed by atoms with Gasteiger partial charge in [0.1, 0.15) is 13.1 Å². The average molecular weight is 311 g/mol. The summed E-state index contributed by atoms with van der Waals surface area (Å²) in [7, 11) is -2.10. The van der Waals surface area contributed by atoms with Crippen LogP contribution in [0.1, 0.15) is 39.5 Å². The lowest BCUT2D eigenvalue weighted by Crippen LogP contribution is -2.52. The molecular weight excluding hydrogens is 282 g/mol. The lowest BCUT2D eigenvalue weighted by atomic mass is 10.2. The second kappa shape index (κ2) is 10.5. The minimum atomic E-state index is -4.45. The van der Waals surface area contributed by atoms with E-state index >= 15 is 0 Å². The van der Waals surface area contributed by atoms with E-state index in [-0.39, 0.29) is 6.61 Å². The van der Waals surface area contributed by atoms with Crippen molar-refractivity contribution in [1.29, 1.82) is 0 Å². The first-order valence-corrected chi connectivity index (χ1v) is 8.68. The van der Waals surface area contributed by atoms with Crippen molar-refractivity contribution >= 4 is 10.4 Å². The Morgan fingerprint density at radius 1 is 1.15 bits per heavy atom. The van der Waals surface area contributed by atoms with E-state index in [0.29, 0.717) is 6.42 Å². The third-order valence-electron chi connectivity index (χ3n) is 3.33. The van der Waals surface area contributed by atoms with Crippen LogP contribution >= 0.6 is 0 Å². The van der Waals surface area contributed by atoms with Gasteiger partial charge in [0.05, 0.1) is 33.4 Å². The van der Waals surface area contributed by atoms with Crippen molar-refractivity contribution < 1.29 is 26.4 Å². The van der Waals surface area contributed by atoms with Gasteiger partial charge in [-0.3, -0.25) is 4.18 Å². The summed E-state index contributed by atoms with van der Waals surface area (Å²) in [6.45, 7) is 9.80. The summed E-state index contributed by atoms with van der Waals surface area (Å²) in [5, 5.41) is 0. The van der Waals surface area contributed by atoms with Crippen LogP contribution in [0.15, 0.2) is 0 Å². The van der Waals surface area contributed by atoms with Crippen LogP contribution in [-0.2, 0) is 19.3 Å². The smallest absolute Gasteiger partial charge is 0.217 e. The quantitative estimate of drug-likeness (QED) is 0.308. The van der Waals surface area contributed by atoms with E-state index in [1.54, 1.807) is 0 Å². The molecule has 0 atom stereocenters. The van der Waals surface area contributed by atoms with E-state index in [1.807, 2.05) is 6.92 Å². The summed E-state index contributed by atoms with van der Waals surface area (Å²) < 4.78 is 39.6. The van der Waals surface area contributed by atoms with E-state index in [4.69, 9.17) is 4.74 Å². The zero-order valence-electron chi connectivity index (χ0n) is 13.0. The predicted molar refractivity (Wildman–Crippen MR) is 77.1 cm³/mol. The lowest BCUT2D eigenvalue weighted by molar-refractivity contribution is -0.917. The fraction of sp³-hybridized carbons (Fsp3) is 1.00. The maximum absolute atomic E-state index is 9.73. The number of likely N-dealkylation sites (N-methyl/N-ethyl adjacent to an activating group) is 1. The van der Waals surface area contributed by atoms with Crippen LogP contribution in [-0.4, -0.2) is 64.0 Å². The van der Waals surface area contributed by atoms with Crippen molar-refractivity contribution in [3.8, 4) is 0 Å². The van der Waals surface area contributed by atoms with Gasteiger partial charge < -0.3 is 13.8 Å². The lowest BCUT2D eigenvalue weighted by Gasteiger charge is -2.37. The first-order valence-electron chi connectivity index (χ1n) is 7.34. The first-order chi connectivity index (χ1) is 9.33. The van der Waals surface area contributed by atoms with Crippen LogP contribution in [0.25, 0.3) is 0 Å². The maximum atomic E-state index is 9.73. The summed E-state index contributed by atoms with van der Waals surface area (Å²) in [6.07, 6.45) is 4.09. The molecule has 0 spiro atoms. The van der Waals surface area contributed by atoms with Gasteiger partial charge in [0.25, 0.3) is 0 Å². The Hall–Kier alpha value is -0.210. The number of hydrogen-bond acceptors (Lipinski definition) is 5. The van der Waals surface area contributed by atoms with E-state index in [0.717, 1.165) is 19.6 Å². The standard InChI is InChI=1S/C9H20NO.C4H10O4S/c1-3-4-5-10(2)6-8-11-9-7-10;1-2-3-4-8-9(5,6)7/h3-9H2,1-2H3;2-4H2,1H3,(H,5,6,7)/q+1;/p-1. The van der Waals surface area contributed by atoms with Gasteiger partial charge in [-0.05, 0) is 12.8 Å². The molecule has 0 radical (unpaired) electrons. The fourth-order valence-corrected chi connectivity index (χ4v) is 2.17. The van der Waals surface area contributed by atoms with E-state index in [9.17, 15) is 13.0 Å². The molecule has 0 aliphatic carbocycles. The second-order valence-corrected chi connectivity index (χ2v) is 6.39. The Kier molecular flexibility index (Phi) is 10.4. The highest BCUT2D eigenvalue weighted by molar-refractivity contribution is 7.80. The van der Waals surface area contributed by atoms with Crippen molar-refractivity contribution in [3.05, 3.63) is 0 Å². The molecule has 0 aromatic rings. The molecule has 0 bridgehead atoms. The van der Waals surface area contributed by atoms with Gasteiger partial charge in [0, 0.05) is 0 Å². The van der Waals surface area contributed by atoms with Crippen molar-refractivity contribution in [2.45, 2.75) is 39.5 Å². The van der Waals surface area contributed by atoms with Gasteiger partial charge in [-0.25, -0.2) is 8.42 Å². The van der Waals surface area contributed by atoms with Gasteiger partial charge >= 0.3 is 0 Å². The third-order valence-corrected chi connectivity index (χ3v) is 3.78.